The summed E-state index contributed by atoms with van der Waals surface area (Å²) in [7, 11) is 3.30. The van der Waals surface area contributed by atoms with E-state index in [4.69, 9.17) is 9.47 Å². The van der Waals surface area contributed by atoms with Gasteiger partial charge in [-0.15, -0.1) is 0 Å². The Bertz CT molecular complexity index is 700. The molecule has 1 aliphatic rings. The molecule has 2 atom stereocenters. The van der Waals surface area contributed by atoms with Crippen LogP contribution < -0.4 is 9.47 Å². The van der Waals surface area contributed by atoms with E-state index < -0.39 is 0 Å². The highest BCUT2D eigenvalue weighted by Gasteiger charge is 2.34. The third-order valence-corrected chi connectivity index (χ3v) is 4.66. The van der Waals surface area contributed by atoms with Gasteiger partial charge in [0.25, 0.3) is 0 Å². The summed E-state index contributed by atoms with van der Waals surface area (Å²) in [6.45, 7) is 2.66. The number of rotatable bonds is 5. The molecule has 0 N–H and O–H groups in total. The number of benzene rings is 1. The Morgan fingerprint density at radius 2 is 2.17 bits per heavy atom. The molecule has 0 radical (unpaired) electrons. The standard InChI is InChI=1S/C18H23N3O3/c1-13(20-10-8-19-12-20)18(22)21-9-4-5-16(21)15-11-14(23-2)6-7-17(15)24-3/h6-8,10-13,16H,4-5,9H2,1-3H3. The number of carbonyl (C=O) groups is 1. The third-order valence-electron chi connectivity index (χ3n) is 4.66. The number of aromatic nitrogens is 2. The number of amides is 1. The average Bonchev–Trinajstić information content (AvgIpc) is 3.31. The number of methoxy groups -OCH3 is 2. The first-order valence-corrected chi connectivity index (χ1v) is 8.15. The van der Waals surface area contributed by atoms with Crippen molar-refractivity contribution >= 4 is 5.91 Å². The summed E-state index contributed by atoms with van der Waals surface area (Å²) < 4.78 is 12.7. The molecule has 1 fully saturated rings. The molecule has 24 heavy (non-hydrogen) atoms. The van der Waals surface area contributed by atoms with E-state index in [-0.39, 0.29) is 18.0 Å². The first kappa shape index (κ1) is 16.4. The Hall–Kier alpha value is -2.50. The first-order chi connectivity index (χ1) is 11.7. The maximum Gasteiger partial charge on any atom is 0.245 e. The van der Waals surface area contributed by atoms with Gasteiger partial charge in [0, 0.05) is 24.5 Å². The molecule has 2 unspecified atom stereocenters. The SMILES string of the molecule is COc1ccc(OC)c(C2CCCN2C(=O)C(C)n2ccnc2)c1. The fourth-order valence-electron chi connectivity index (χ4n) is 3.32. The summed E-state index contributed by atoms with van der Waals surface area (Å²) >= 11 is 0. The first-order valence-electron chi connectivity index (χ1n) is 8.15. The molecule has 0 aliphatic carbocycles. The fraction of sp³-hybridized carbons (Fsp3) is 0.444. The lowest BCUT2D eigenvalue weighted by Gasteiger charge is -2.29. The second-order valence-corrected chi connectivity index (χ2v) is 5.98. The monoisotopic (exact) mass is 329 g/mol. The minimum Gasteiger partial charge on any atom is -0.497 e. The number of carbonyl (C=O) groups excluding carboxylic acids is 1. The molecular weight excluding hydrogens is 306 g/mol. The van der Waals surface area contributed by atoms with E-state index in [1.54, 1.807) is 26.7 Å². The highest BCUT2D eigenvalue weighted by Crippen LogP contribution is 2.39. The molecule has 6 heteroatoms. The predicted octanol–water partition coefficient (Wildman–Crippen LogP) is 2.83. The molecule has 1 saturated heterocycles. The summed E-state index contributed by atoms with van der Waals surface area (Å²) in [5.41, 5.74) is 1.00. The van der Waals surface area contributed by atoms with Crippen LogP contribution in [0, 0.1) is 0 Å². The summed E-state index contributed by atoms with van der Waals surface area (Å²) in [5.74, 6) is 1.66. The molecule has 1 aromatic heterocycles. The largest absolute Gasteiger partial charge is 0.497 e. The van der Waals surface area contributed by atoms with Gasteiger partial charge in [-0.3, -0.25) is 4.79 Å². The molecule has 2 aromatic rings. The van der Waals surface area contributed by atoms with Crippen LogP contribution in [0.5, 0.6) is 11.5 Å². The van der Waals surface area contributed by atoms with Crippen LogP contribution in [-0.4, -0.2) is 41.1 Å². The van der Waals surface area contributed by atoms with Crippen molar-refractivity contribution in [2.45, 2.75) is 31.8 Å². The number of nitrogens with zero attached hydrogens (tertiary/aromatic N) is 3. The molecule has 1 amide bonds. The molecule has 3 rings (SSSR count). The average molecular weight is 329 g/mol. The lowest BCUT2D eigenvalue weighted by Crippen LogP contribution is -2.35. The highest BCUT2D eigenvalue weighted by atomic mass is 16.5. The van der Waals surface area contributed by atoms with E-state index in [1.807, 2.05) is 40.8 Å². The van der Waals surface area contributed by atoms with Crippen molar-refractivity contribution in [3.8, 4) is 11.5 Å². The van der Waals surface area contributed by atoms with Gasteiger partial charge in [0.15, 0.2) is 0 Å². The Labute approximate surface area is 142 Å². The van der Waals surface area contributed by atoms with Crippen molar-refractivity contribution in [2.24, 2.45) is 0 Å². The van der Waals surface area contributed by atoms with Gasteiger partial charge in [-0.1, -0.05) is 0 Å². The van der Waals surface area contributed by atoms with Crippen molar-refractivity contribution in [1.82, 2.24) is 14.5 Å². The fourth-order valence-corrected chi connectivity index (χ4v) is 3.32. The van der Waals surface area contributed by atoms with E-state index in [1.165, 1.54) is 0 Å². The number of ether oxygens (including phenoxy) is 2. The lowest BCUT2D eigenvalue weighted by molar-refractivity contribution is -0.135. The molecular formula is C18H23N3O3. The lowest BCUT2D eigenvalue weighted by atomic mass is 10.0. The van der Waals surface area contributed by atoms with Crippen molar-refractivity contribution in [3.05, 3.63) is 42.5 Å². The summed E-state index contributed by atoms with van der Waals surface area (Å²) in [4.78, 5) is 19.0. The third kappa shape index (κ3) is 2.96. The smallest absolute Gasteiger partial charge is 0.245 e. The zero-order valence-electron chi connectivity index (χ0n) is 14.3. The van der Waals surface area contributed by atoms with Crippen LogP contribution in [0.15, 0.2) is 36.9 Å². The van der Waals surface area contributed by atoms with Crippen LogP contribution in [0.25, 0.3) is 0 Å². The van der Waals surface area contributed by atoms with E-state index in [9.17, 15) is 4.79 Å². The van der Waals surface area contributed by atoms with Gasteiger partial charge in [0.1, 0.15) is 17.5 Å². The van der Waals surface area contributed by atoms with Crippen molar-refractivity contribution in [2.75, 3.05) is 20.8 Å². The van der Waals surface area contributed by atoms with Crippen molar-refractivity contribution in [1.29, 1.82) is 0 Å². The molecule has 2 heterocycles. The van der Waals surface area contributed by atoms with E-state index in [0.717, 1.165) is 36.4 Å². The number of likely N-dealkylation sites (tertiary alicyclic amines) is 1. The normalized spacial score (nSPS) is 18.5. The van der Waals surface area contributed by atoms with Crippen LogP contribution in [0.2, 0.25) is 0 Å². The van der Waals surface area contributed by atoms with Crippen LogP contribution in [0.3, 0.4) is 0 Å². The quantitative estimate of drug-likeness (QED) is 0.846. The van der Waals surface area contributed by atoms with Crippen molar-refractivity contribution < 1.29 is 14.3 Å². The molecule has 6 nitrogen and oxygen atoms in total. The second kappa shape index (κ2) is 6.95. The molecule has 0 saturated carbocycles. The van der Waals surface area contributed by atoms with Gasteiger partial charge in [-0.05, 0) is 38.0 Å². The zero-order chi connectivity index (χ0) is 17.1. The Kier molecular flexibility index (Phi) is 4.74. The minimum absolute atomic E-state index is 0.00789. The van der Waals surface area contributed by atoms with Crippen LogP contribution in [0.4, 0.5) is 0 Å². The van der Waals surface area contributed by atoms with Gasteiger partial charge in [-0.25, -0.2) is 4.98 Å². The molecule has 1 aliphatic heterocycles. The Morgan fingerprint density at radius 1 is 1.33 bits per heavy atom. The number of imidazole rings is 1. The second-order valence-electron chi connectivity index (χ2n) is 5.98. The predicted molar refractivity (Wildman–Crippen MR) is 90.2 cm³/mol. The van der Waals surface area contributed by atoms with Crippen molar-refractivity contribution in [3.63, 3.8) is 0 Å². The van der Waals surface area contributed by atoms with Crippen LogP contribution >= 0.6 is 0 Å². The van der Waals surface area contributed by atoms with E-state index in [2.05, 4.69) is 4.98 Å². The molecule has 0 spiro atoms. The van der Waals surface area contributed by atoms with Crippen LogP contribution in [0.1, 0.15) is 37.4 Å². The molecule has 1 aromatic carbocycles. The summed E-state index contributed by atoms with van der Waals surface area (Å²) in [5, 5.41) is 0. The Balaban J connectivity index is 1.89. The molecule has 128 valence electrons. The van der Waals surface area contributed by atoms with Crippen LogP contribution in [-0.2, 0) is 4.79 Å². The minimum atomic E-state index is -0.273. The maximum atomic E-state index is 13.0. The summed E-state index contributed by atoms with van der Waals surface area (Å²) in [6.07, 6.45) is 7.09. The van der Waals surface area contributed by atoms with Gasteiger partial charge in [0.2, 0.25) is 5.91 Å². The maximum absolute atomic E-state index is 13.0. The van der Waals surface area contributed by atoms with E-state index >= 15 is 0 Å². The number of hydrogen-bond donors (Lipinski definition) is 0. The molecule has 0 bridgehead atoms. The van der Waals surface area contributed by atoms with Gasteiger partial charge >= 0.3 is 0 Å². The summed E-state index contributed by atoms with van der Waals surface area (Å²) in [6, 6.07) is 5.47. The number of hydrogen-bond acceptors (Lipinski definition) is 4. The highest BCUT2D eigenvalue weighted by molar-refractivity contribution is 5.81. The Morgan fingerprint density at radius 3 is 2.83 bits per heavy atom. The van der Waals surface area contributed by atoms with Gasteiger partial charge in [0.05, 0.1) is 26.6 Å². The van der Waals surface area contributed by atoms with Gasteiger partial charge in [-0.2, -0.15) is 0 Å². The van der Waals surface area contributed by atoms with E-state index in [0.29, 0.717) is 0 Å². The topological polar surface area (TPSA) is 56.6 Å². The van der Waals surface area contributed by atoms with Gasteiger partial charge < -0.3 is 18.9 Å². The zero-order valence-corrected chi connectivity index (χ0v) is 14.3.